The third-order valence-electron chi connectivity index (χ3n) is 10.7. The molecular weight excluding hydrogens is 725 g/mol. The molecule has 0 saturated carbocycles. The molecule has 3 atom stereocenters. The molecule has 0 radical (unpaired) electrons. The summed E-state index contributed by atoms with van der Waals surface area (Å²) in [4.78, 5) is 54.9. The quantitative estimate of drug-likeness (QED) is 0.236. The molecule has 3 N–H and O–H groups in total. The normalized spacial score (nSPS) is 21.3. The van der Waals surface area contributed by atoms with E-state index in [9.17, 15) is 18.4 Å². The average molecular weight is 764 g/mol. The zero-order chi connectivity index (χ0) is 38.3. The number of nitrogens with one attached hydrogen (secondary N) is 3. The van der Waals surface area contributed by atoms with Gasteiger partial charge < -0.3 is 30.2 Å². The van der Waals surface area contributed by atoms with Gasteiger partial charge in [-0.3, -0.25) is 14.5 Å². The number of benzene rings is 2. The number of hydrogen-bond acceptors (Lipinski definition) is 12. The number of imidazole rings is 1. The van der Waals surface area contributed by atoms with Gasteiger partial charge in [-0.2, -0.15) is 5.10 Å². The number of ether oxygens (including phenoxy) is 1. The molecule has 3 aliphatic rings. The van der Waals surface area contributed by atoms with Crippen molar-refractivity contribution in [1.82, 2.24) is 54.8 Å². The average Bonchev–Trinajstić information content (AvgIpc) is 3.92. The van der Waals surface area contributed by atoms with E-state index in [1.54, 1.807) is 12.3 Å². The van der Waals surface area contributed by atoms with Crippen LogP contribution in [0.1, 0.15) is 18.7 Å². The molecule has 18 heteroatoms. The number of rotatable bonds is 2. The summed E-state index contributed by atoms with van der Waals surface area (Å²) in [5.41, 5.74) is 2.86. The fourth-order valence-electron chi connectivity index (χ4n) is 7.95. The Balaban J connectivity index is 1.06. The van der Waals surface area contributed by atoms with Crippen LogP contribution >= 0.6 is 0 Å². The standard InChI is InChI=1S/C38H39F2N13O3/c1-50-32-9-13-51-14-15-56-20-30(51)38(55)43-11-3-10-42-37(54)29-17-23(47-31-8-12-41-34(49-31)24-4-2-5-27(48-32)33(24)50)19-52(29)35-25-18-46-53(36(25)45-21-44-35)28-7-6-22(39)16-26(28)40/h2,4-8,12,16,18,21,23,29-30H,3,9-11,13-15,17,19-20H2,1H3,(H,42,54)(H,43,55)(H,41,47,49)/t23-,29-,30-/m0/s1. The molecule has 0 spiro atoms. The Labute approximate surface area is 319 Å². The van der Waals surface area contributed by atoms with Crippen LogP contribution in [0.15, 0.2) is 61.2 Å². The number of nitrogens with zero attached hydrogens (tertiary/aromatic N) is 10. The van der Waals surface area contributed by atoms with Crippen LogP contribution in [0.5, 0.6) is 0 Å². The van der Waals surface area contributed by atoms with Gasteiger partial charge in [-0.25, -0.2) is 38.4 Å². The van der Waals surface area contributed by atoms with Crippen molar-refractivity contribution in [3.8, 4) is 17.1 Å². The third-order valence-corrected chi connectivity index (χ3v) is 10.7. The summed E-state index contributed by atoms with van der Waals surface area (Å²) >= 11 is 0. The SMILES string of the molecule is Cn1c2nc3cccc(c31)-c1nccc(n1)N[C@H]1C[C@@H](C(=O)NCCCNC(=O)[C@@H]3COCCN3CC2)N(c2ncnc3c2cnn3-c2ccc(F)cc2F)C1. The van der Waals surface area contributed by atoms with E-state index in [2.05, 4.69) is 45.5 Å². The lowest BCUT2D eigenvalue weighted by Gasteiger charge is -2.34. The molecule has 288 valence electrons. The minimum Gasteiger partial charge on any atom is -0.378 e. The van der Waals surface area contributed by atoms with E-state index in [-0.39, 0.29) is 23.5 Å². The first kappa shape index (κ1) is 35.6. The zero-order valence-corrected chi connectivity index (χ0v) is 30.5. The van der Waals surface area contributed by atoms with Crippen molar-refractivity contribution in [3.05, 3.63) is 78.6 Å². The fourth-order valence-corrected chi connectivity index (χ4v) is 7.95. The molecular formula is C38H39F2N13O3. The largest absolute Gasteiger partial charge is 0.378 e. The van der Waals surface area contributed by atoms with Crippen LogP contribution in [-0.4, -0.2) is 120 Å². The van der Waals surface area contributed by atoms with Gasteiger partial charge in [-0.15, -0.1) is 0 Å². The van der Waals surface area contributed by atoms with Crippen molar-refractivity contribution in [1.29, 1.82) is 0 Å². The van der Waals surface area contributed by atoms with Gasteiger partial charge in [0.05, 0.1) is 35.8 Å². The van der Waals surface area contributed by atoms with Gasteiger partial charge in [0.25, 0.3) is 0 Å². The van der Waals surface area contributed by atoms with E-state index in [1.807, 2.05) is 30.1 Å². The van der Waals surface area contributed by atoms with Crippen LogP contribution < -0.4 is 20.9 Å². The number of para-hydroxylation sites is 1. The minimum absolute atomic E-state index is 0.0244. The number of carbonyl (C=O) groups is 2. The van der Waals surface area contributed by atoms with Gasteiger partial charge in [0.1, 0.15) is 47.4 Å². The summed E-state index contributed by atoms with van der Waals surface area (Å²) in [6.07, 6.45) is 6.10. The first-order chi connectivity index (χ1) is 27.3. The van der Waals surface area contributed by atoms with Crippen LogP contribution in [0.4, 0.5) is 20.4 Å². The number of carbonyl (C=O) groups excluding carboxylic acids is 2. The number of hydrogen-bond donors (Lipinski definition) is 3. The third kappa shape index (κ3) is 6.63. The Bertz CT molecular complexity index is 2450. The Hall–Kier alpha value is -6.14. The van der Waals surface area contributed by atoms with E-state index in [0.717, 1.165) is 34.6 Å². The molecule has 0 aliphatic carbocycles. The predicted molar refractivity (Wildman–Crippen MR) is 202 cm³/mol. The Morgan fingerprint density at radius 2 is 1.80 bits per heavy atom. The van der Waals surface area contributed by atoms with E-state index in [0.29, 0.717) is 93.7 Å². The molecule has 6 aromatic rings. The number of morpholine rings is 1. The molecule has 9 rings (SSSR count). The Kier molecular flexibility index (Phi) is 9.42. The second-order valence-corrected chi connectivity index (χ2v) is 14.2. The molecule has 2 aromatic carbocycles. The molecule has 2 saturated heterocycles. The molecule has 56 heavy (non-hydrogen) atoms. The lowest BCUT2D eigenvalue weighted by atomic mass is 10.1. The molecule has 7 heterocycles. The van der Waals surface area contributed by atoms with E-state index in [4.69, 9.17) is 14.7 Å². The summed E-state index contributed by atoms with van der Waals surface area (Å²) < 4.78 is 37.7. The van der Waals surface area contributed by atoms with Crippen LogP contribution in [-0.2, 0) is 27.8 Å². The van der Waals surface area contributed by atoms with Crippen LogP contribution in [0.25, 0.3) is 39.1 Å². The first-order valence-corrected chi connectivity index (χ1v) is 18.6. The highest BCUT2D eigenvalue weighted by molar-refractivity contribution is 5.93. The maximum atomic E-state index is 14.9. The molecule has 2 amide bonds. The summed E-state index contributed by atoms with van der Waals surface area (Å²) in [5.74, 6) is 0.581. The summed E-state index contributed by atoms with van der Waals surface area (Å²) in [6.45, 7) is 3.14. The van der Waals surface area contributed by atoms with Crippen LogP contribution in [0.3, 0.4) is 0 Å². The molecule has 16 nitrogen and oxygen atoms in total. The van der Waals surface area contributed by atoms with Gasteiger partial charge >= 0.3 is 0 Å². The lowest BCUT2D eigenvalue weighted by molar-refractivity contribution is -0.132. The number of anilines is 2. The smallest absolute Gasteiger partial charge is 0.242 e. The predicted octanol–water partition coefficient (Wildman–Crippen LogP) is 2.38. The number of amides is 2. The number of halogens is 2. The zero-order valence-electron chi connectivity index (χ0n) is 30.5. The minimum atomic E-state index is -0.796. The van der Waals surface area contributed by atoms with Crippen molar-refractivity contribution in [2.45, 2.75) is 37.4 Å². The molecule has 4 aromatic heterocycles. The maximum Gasteiger partial charge on any atom is 0.242 e. The van der Waals surface area contributed by atoms with Crippen LogP contribution in [0, 0.1) is 11.6 Å². The number of aromatic nitrogens is 8. The van der Waals surface area contributed by atoms with Crippen LogP contribution in [0.2, 0.25) is 0 Å². The topological polar surface area (TPSA) is 173 Å². The van der Waals surface area contributed by atoms with Crippen molar-refractivity contribution >= 4 is 45.5 Å². The highest BCUT2D eigenvalue weighted by atomic mass is 19.1. The summed E-state index contributed by atoms with van der Waals surface area (Å²) in [7, 11) is 1.99. The second kappa shape index (κ2) is 14.8. The van der Waals surface area contributed by atoms with E-state index >= 15 is 0 Å². The van der Waals surface area contributed by atoms with Crippen molar-refractivity contribution in [3.63, 3.8) is 0 Å². The monoisotopic (exact) mass is 763 g/mol. The first-order valence-electron chi connectivity index (χ1n) is 18.6. The van der Waals surface area contributed by atoms with Crippen molar-refractivity contribution in [2.75, 3.05) is 56.2 Å². The summed E-state index contributed by atoms with van der Waals surface area (Å²) in [5, 5.41) is 14.5. The van der Waals surface area contributed by atoms with E-state index in [1.165, 1.54) is 23.3 Å². The lowest BCUT2D eigenvalue weighted by Crippen LogP contribution is -2.54. The van der Waals surface area contributed by atoms with Gasteiger partial charge in [0, 0.05) is 70.1 Å². The Morgan fingerprint density at radius 1 is 0.946 bits per heavy atom. The Morgan fingerprint density at radius 3 is 2.66 bits per heavy atom. The molecule has 2 fully saturated rings. The molecule has 6 bridgehead atoms. The van der Waals surface area contributed by atoms with Gasteiger partial charge in [0.15, 0.2) is 17.3 Å². The summed E-state index contributed by atoms with van der Waals surface area (Å²) in [6, 6.07) is 9.56. The van der Waals surface area contributed by atoms with Crippen molar-refractivity contribution in [2.24, 2.45) is 7.05 Å². The highest BCUT2D eigenvalue weighted by Gasteiger charge is 2.39. The van der Waals surface area contributed by atoms with Crippen molar-refractivity contribution < 1.29 is 23.1 Å². The van der Waals surface area contributed by atoms with Gasteiger partial charge in [0.2, 0.25) is 11.8 Å². The maximum absolute atomic E-state index is 14.9. The number of fused-ring (bicyclic) bond motifs is 8. The number of aryl methyl sites for hydroxylation is 1. The van der Waals surface area contributed by atoms with Gasteiger partial charge in [-0.1, -0.05) is 6.07 Å². The second-order valence-electron chi connectivity index (χ2n) is 14.2. The molecule has 3 aliphatic heterocycles. The van der Waals surface area contributed by atoms with Gasteiger partial charge in [-0.05, 0) is 43.2 Å². The fraction of sp³-hybridized carbons (Fsp3) is 0.368. The highest BCUT2D eigenvalue weighted by Crippen LogP contribution is 2.33. The van der Waals surface area contributed by atoms with E-state index < -0.39 is 23.7 Å². The molecule has 0 unspecified atom stereocenters.